The molecule has 0 saturated carbocycles. The van der Waals surface area contributed by atoms with Crippen LogP contribution in [0.15, 0.2) is 24.3 Å². The number of nitrogens with two attached hydrogens (primary N) is 1. The number of hydrogen-bond acceptors (Lipinski definition) is 3. The molecule has 112 valence electrons. The van der Waals surface area contributed by atoms with Gasteiger partial charge in [0.15, 0.2) is 0 Å². The van der Waals surface area contributed by atoms with E-state index in [0.29, 0.717) is 13.1 Å². The van der Waals surface area contributed by atoms with Gasteiger partial charge in [0.25, 0.3) is 0 Å². The lowest BCUT2D eigenvalue weighted by Gasteiger charge is -2.27. The van der Waals surface area contributed by atoms with E-state index in [0.717, 1.165) is 18.5 Å². The van der Waals surface area contributed by atoms with Crippen molar-refractivity contribution in [2.45, 2.75) is 46.1 Å². The Bertz CT molecular complexity index is 421. The zero-order chi connectivity index (χ0) is 15.2. The Morgan fingerprint density at radius 1 is 1.20 bits per heavy atom. The first-order valence-electron chi connectivity index (χ1n) is 7.14. The molecule has 4 heteroatoms. The van der Waals surface area contributed by atoms with E-state index < -0.39 is 5.60 Å². The van der Waals surface area contributed by atoms with Crippen molar-refractivity contribution in [1.82, 2.24) is 4.90 Å². The lowest BCUT2D eigenvalue weighted by molar-refractivity contribution is 0.0252. The highest BCUT2D eigenvalue weighted by molar-refractivity contribution is 5.68. The van der Waals surface area contributed by atoms with E-state index in [4.69, 9.17) is 10.5 Å². The summed E-state index contributed by atoms with van der Waals surface area (Å²) in [4.78, 5) is 13.9. The number of carbonyl (C=O) groups is 1. The van der Waals surface area contributed by atoms with Crippen molar-refractivity contribution in [3.8, 4) is 0 Å². The highest BCUT2D eigenvalue weighted by atomic mass is 16.6. The van der Waals surface area contributed by atoms with Crippen LogP contribution in [0.25, 0.3) is 0 Å². The minimum atomic E-state index is -0.454. The molecule has 0 aliphatic rings. The van der Waals surface area contributed by atoms with Gasteiger partial charge in [-0.1, -0.05) is 19.1 Å². The van der Waals surface area contributed by atoms with Crippen LogP contribution < -0.4 is 5.73 Å². The van der Waals surface area contributed by atoms with Crippen molar-refractivity contribution in [3.63, 3.8) is 0 Å². The second kappa shape index (κ2) is 7.17. The fourth-order valence-corrected chi connectivity index (χ4v) is 1.84. The van der Waals surface area contributed by atoms with Gasteiger partial charge in [-0.25, -0.2) is 4.79 Å². The van der Waals surface area contributed by atoms with Crippen LogP contribution in [0.1, 0.15) is 39.7 Å². The molecule has 0 aromatic heterocycles. The van der Waals surface area contributed by atoms with Gasteiger partial charge in [-0.3, -0.25) is 0 Å². The van der Waals surface area contributed by atoms with E-state index in [9.17, 15) is 4.79 Å². The zero-order valence-electron chi connectivity index (χ0n) is 13.0. The largest absolute Gasteiger partial charge is 0.444 e. The fourth-order valence-electron chi connectivity index (χ4n) is 1.84. The van der Waals surface area contributed by atoms with E-state index in [2.05, 4.69) is 6.92 Å². The van der Waals surface area contributed by atoms with Crippen molar-refractivity contribution in [2.24, 2.45) is 0 Å². The van der Waals surface area contributed by atoms with Crippen LogP contribution in [0.3, 0.4) is 0 Å². The molecule has 4 nitrogen and oxygen atoms in total. The van der Waals surface area contributed by atoms with Crippen molar-refractivity contribution >= 4 is 11.8 Å². The maximum atomic E-state index is 12.1. The highest BCUT2D eigenvalue weighted by Crippen LogP contribution is 2.12. The summed E-state index contributed by atoms with van der Waals surface area (Å²) in [5, 5.41) is 0. The average molecular weight is 278 g/mol. The third-order valence-electron chi connectivity index (χ3n) is 2.80. The molecule has 20 heavy (non-hydrogen) atoms. The van der Waals surface area contributed by atoms with Gasteiger partial charge in [-0.2, -0.15) is 0 Å². The van der Waals surface area contributed by atoms with E-state index in [1.165, 1.54) is 5.56 Å². The maximum absolute atomic E-state index is 12.1. The third-order valence-corrected chi connectivity index (χ3v) is 2.80. The Hall–Kier alpha value is -1.71. The smallest absolute Gasteiger partial charge is 0.410 e. The summed E-state index contributed by atoms with van der Waals surface area (Å²) < 4.78 is 5.43. The quantitative estimate of drug-likeness (QED) is 0.839. The predicted molar refractivity (Wildman–Crippen MR) is 82.7 cm³/mol. The Morgan fingerprint density at radius 2 is 1.80 bits per heavy atom. The molecule has 2 N–H and O–H groups in total. The van der Waals surface area contributed by atoms with Crippen LogP contribution in [0, 0.1) is 0 Å². The number of amides is 1. The first kappa shape index (κ1) is 16.3. The Kier molecular flexibility index (Phi) is 5.86. The average Bonchev–Trinajstić information content (AvgIpc) is 2.34. The van der Waals surface area contributed by atoms with Crippen molar-refractivity contribution in [2.75, 3.05) is 18.8 Å². The number of nitrogens with zero attached hydrogens (tertiary/aromatic N) is 1. The molecular weight excluding hydrogens is 252 g/mol. The van der Waals surface area contributed by atoms with E-state index in [1.807, 2.05) is 45.0 Å². The fraction of sp³-hybridized carbons (Fsp3) is 0.562. The summed E-state index contributed by atoms with van der Waals surface area (Å²) in [5.74, 6) is 0. The Balaban J connectivity index is 2.58. The molecule has 0 atom stereocenters. The molecular formula is C16H26N2O2. The molecule has 1 amide bonds. The molecule has 0 unspecified atom stereocenters. The van der Waals surface area contributed by atoms with Gasteiger partial charge in [-0.05, 0) is 51.3 Å². The SMILES string of the molecule is CCCN(CCc1ccc(N)cc1)C(=O)OC(C)(C)C. The number of rotatable bonds is 5. The summed E-state index contributed by atoms with van der Waals surface area (Å²) >= 11 is 0. The molecule has 1 aromatic carbocycles. The first-order chi connectivity index (χ1) is 9.31. The van der Waals surface area contributed by atoms with Gasteiger partial charge in [0.05, 0.1) is 0 Å². The maximum Gasteiger partial charge on any atom is 0.410 e. The lowest BCUT2D eigenvalue weighted by atomic mass is 10.1. The second-order valence-corrected chi connectivity index (χ2v) is 5.96. The molecule has 1 aromatic rings. The summed E-state index contributed by atoms with van der Waals surface area (Å²) in [6, 6.07) is 7.75. The standard InChI is InChI=1S/C16H26N2O2/c1-5-11-18(15(19)20-16(2,3)4)12-10-13-6-8-14(17)9-7-13/h6-9H,5,10-12,17H2,1-4H3. The predicted octanol–water partition coefficient (Wildman–Crippen LogP) is 3.46. The van der Waals surface area contributed by atoms with Gasteiger partial charge in [0.1, 0.15) is 5.60 Å². The van der Waals surface area contributed by atoms with E-state index >= 15 is 0 Å². The normalized spacial score (nSPS) is 11.2. The number of hydrogen-bond donors (Lipinski definition) is 1. The topological polar surface area (TPSA) is 55.6 Å². The van der Waals surface area contributed by atoms with Crippen molar-refractivity contribution < 1.29 is 9.53 Å². The molecule has 0 spiro atoms. The van der Waals surface area contributed by atoms with Crippen LogP contribution in [0.4, 0.5) is 10.5 Å². The molecule has 0 aliphatic carbocycles. The van der Waals surface area contributed by atoms with Gasteiger partial charge in [0.2, 0.25) is 0 Å². The summed E-state index contributed by atoms with van der Waals surface area (Å²) in [7, 11) is 0. The summed E-state index contributed by atoms with van der Waals surface area (Å²) in [6.45, 7) is 9.08. The van der Waals surface area contributed by atoms with E-state index in [-0.39, 0.29) is 6.09 Å². The van der Waals surface area contributed by atoms with Crippen LogP contribution in [0.2, 0.25) is 0 Å². The van der Waals surface area contributed by atoms with Crippen LogP contribution in [-0.2, 0) is 11.2 Å². The van der Waals surface area contributed by atoms with Crippen LogP contribution >= 0.6 is 0 Å². The van der Waals surface area contributed by atoms with Crippen molar-refractivity contribution in [1.29, 1.82) is 0 Å². The summed E-state index contributed by atoms with van der Waals surface area (Å²) in [6.07, 6.45) is 1.48. The molecule has 0 bridgehead atoms. The molecule has 0 aliphatic heterocycles. The first-order valence-corrected chi connectivity index (χ1v) is 7.14. The number of carbonyl (C=O) groups excluding carboxylic acids is 1. The number of benzene rings is 1. The number of ether oxygens (including phenoxy) is 1. The zero-order valence-corrected chi connectivity index (χ0v) is 13.0. The van der Waals surface area contributed by atoms with Gasteiger partial charge in [0, 0.05) is 18.8 Å². The van der Waals surface area contributed by atoms with Gasteiger partial charge >= 0.3 is 6.09 Å². The Labute approximate surface area is 121 Å². The second-order valence-electron chi connectivity index (χ2n) is 5.96. The monoisotopic (exact) mass is 278 g/mol. The molecule has 1 rings (SSSR count). The number of nitrogen functional groups attached to an aromatic ring is 1. The van der Waals surface area contributed by atoms with Crippen LogP contribution in [0.5, 0.6) is 0 Å². The molecule has 0 saturated heterocycles. The highest BCUT2D eigenvalue weighted by Gasteiger charge is 2.21. The lowest BCUT2D eigenvalue weighted by Crippen LogP contribution is -2.38. The minimum Gasteiger partial charge on any atom is -0.444 e. The van der Waals surface area contributed by atoms with Crippen molar-refractivity contribution in [3.05, 3.63) is 29.8 Å². The summed E-state index contributed by atoms with van der Waals surface area (Å²) in [5.41, 5.74) is 7.14. The van der Waals surface area contributed by atoms with Crippen LogP contribution in [-0.4, -0.2) is 29.7 Å². The molecule has 0 heterocycles. The molecule has 0 fully saturated rings. The minimum absolute atomic E-state index is 0.241. The number of anilines is 1. The van der Waals surface area contributed by atoms with Gasteiger partial charge in [-0.15, -0.1) is 0 Å². The molecule has 0 radical (unpaired) electrons. The van der Waals surface area contributed by atoms with E-state index in [1.54, 1.807) is 4.90 Å². The van der Waals surface area contributed by atoms with Gasteiger partial charge < -0.3 is 15.4 Å². The third kappa shape index (κ3) is 5.95. The Morgan fingerprint density at radius 3 is 2.30 bits per heavy atom.